The van der Waals surface area contributed by atoms with Crippen LogP contribution in [-0.4, -0.2) is 7.68 Å². The molecule has 0 spiro atoms. The second-order valence-corrected chi connectivity index (χ2v) is 11.0. The van der Waals surface area contributed by atoms with Crippen LogP contribution in [-0.2, 0) is 0 Å². The molecular weight excluding hydrogens is 181 g/mol. The summed E-state index contributed by atoms with van der Waals surface area (Å²) in [5.41, 5.74) is 0.577. The first-order valence-electron chi connectivity index (χ1n) is 4.23. The van der Waals surface area contributed by atoms with Crippen molar-refractivity contribution in [2.24, 2.45) is 0 Å². The summed E-state index contributed by atoms with van der Waals surface area (Å²) < 4.78 is 14.1. The van der Waals surface area contributed by atoms with E-state index < -0.39 is 7.68 Å². The fourth-order valence-electron chi connectivity index (χ4n) is 1.11. The molecule has 0 radical (unpaired) electrons. The van der Waals surface area contributed by atoms with Gasteiger partial charge in [0.2, 0.25) is 0 Å². The van der Waals surface area contributed by atoms with E-state index in [1.165, 1.54) is 0 Å². The summed E-state index contributed by atoms with van der Waals surface area (Å²) >= 11 is 0. The molecule has 13 heavy (non-hydrogen) atoms. The molecule has 3 heteroatoms. The van der Waals surface area contributed by atoms with Crippen LogP contribution in [0.2, 0.25) is 19.6 Å². The standard InChI is InChI=1S/C10H13FNSi/c1-13(2,3,11)10-6-4-9(8-12)5-7-10/h4-7H,1-3H3/q-1. The van der Waals surface area contributed by atoms with Gasteiger partial charge in [0, 0.05) is 0 Å². The van der Waals surface area contributed by atoms with Gasteiger partial charge in [-0.2, -0.15) is 0 Å². The molecule has 0 amide bonds. The van der Waals surface area contributed by atoms with Crippen molar-refractivity contribution in [3.8, 4) is 6.07 Å². The van der Waals surface area contributed by atoms with E-state index in [9.17, 15) is 4.11 Å². The van der Waals surface area contributed by atoms with Crippen LogP contribution in [0.1, 0.15) is 5.56 Å². The molecule has 1 aromatic rings. The maximum absolute atomic E-state index is 14.1. The quantitative estimate of drug-likeness (QED) is 0.498. The second kappa shape index (κ2) is 2.68. The maximum atomic E-state index is 14.1. The van der Waals surface area contributed by atoms with Gasteiger partial charge in [0.25, 0.3) is 0 Å². The third-order valence-electron chi connectivity index (χ3n) is 1.99. The van der Waals surface area contributed by atoms with Crippen molar-refractivity contribution in [2.45, 2.75) is 19.6 Å². The predicted molar refractivity (Wildman–Crippen MR) is 55.2 cm³/mol. The van der Waals surface area contributed by atoms with Gasteiger partial charge in [0.1, 0.15) is 0 Å². The Kier molecular flexibility index (Phi) is 2.05. The zero-order chi connectivity index (χ0) is 10.1. The fourth-order valence-corrected chi connectivity index (χ4v) is 2.40. The Bertz CT molecular complexity index is 344. The number of rotatable bonds is 1. The molecule has 0 N–H and O–H groups in total. The molecule has 0 atom stereocenters. The van der Waals surface area contributed by atoms with E-state index in [1.54, 1.807) is 43.9 Å². The van der Waals surface area contributed by atoms with Crippen molar-refractivity contribution in [3.63, 3.8) is 0 Å². The molecule has 0 bridgehead atoms. The van der Waals surface area contributed by atoms with E-state index >= 15 is 0 Å². The van der Waals surface area contributed by atoms with Crippen LogP contribution >= 0.6 is 0 Å². The van der Waals surface area contributed by atoms with E-state index in [0.29, 0.717) is 5.56 Å². The number of nitrogens with zero attached hydrogens (tertiary/aromatic N) is 1. The number of hydrogen-bond acceptors (Lipinski definition) is 1. The van der Waals surface area contributed by atoms with E-state index in [0.717, 1.165) is 5.19 Å². The molecule has 0 aliphatic carbocycles. The number of benzene rings is 1. The minimum atomic E-state index is -3.38. The Morgan fingerprint density at radius 2 is 1.62 bits per heavy atom. The summed E-state index contributed by atoms with van der Waals surface area (Å²) in [5, 5.41) is 9.30. The third kappa shape index (κ3) is 2.40. The third-order valence-corrected chi connectivity index (χ3v) is 4.27. The molecule has 1 aromatic carbocycles. The fraction of sp³-hybridized carbons (Fsp3) is 0.300. The first-order valence-corrected chi connectivity index (χ1v) is 8.11. The van der Waals surface area contributed by atoms with Crippen molar-refractivity contribution in [3.05, 3.63) is 29.8 Å². The molecule has 70 valence electrons. The van der Waals surface area contributed by atoms with Crippen LogP contribution in [0.15, 0.2) is 24.3 Å². The van der Waals surface area contributed by atoms with E-state index in [2.05, 4.69) is 0 Å². The zero-order valence-corrected chi connectivity index (χ0v) is 9.13. The molecule has 1 nitrogen and oxygen atoms in total. The van der Waals surface area contributed by atoms with E-state index in [1.807, 2.05) is 6.07 Å². The van der Waals surface area contributed by atoms with Crippen LogP contribution in [0.5, 0.6) is 0 Å². The number of halogens is 1. The Balaban J connectivity index is 3.16. The summed E-state index contributed by atoms with van der Waals surface area (Å²) in [6.45, 7) is 5.00. The predicted octanol–water partition coefficient (Wildman–Crippen LogP) is 2.52. The monoisotopic (exact) mass is 194 g/mol. The molecule has 0 saturated heterocycles. The van der Waals surface area contributed by atoms with Gasteiger partial charge in [0.15, 0.2) is 0 Å². The topological polar surface area (TPSA) is 23.8 Å². The van der Waals surface area contributed by atoms with Crippen molar-refractivity contribution in [1.82, 2.24) is 0 Å². The molecule has 0 aliphatic rings. The molecule has 0 fully saturated rings. The van der Waals surface area contributed by atoms with Gasteiger partial charge >= 0.3 is 77.8 Å². The van der Waals surface area contributed by atoms with Crippen molar-refractivity contribution in [1.29, 1.82) is 5.26 Å². The van der Waals surface area contributed by atoms with Crippen LogP contribution in [0.25, 0.3) is 0 Å². The average Bonchev–Trinajstić information content (AvgIpc) is 2.02. The van der Waals surface area contributed by atoms with Gasteiger partial charge < -0.3 is 0 Å². The first kappa shape index (κ1) is 9.94. The number of nitriles is 1. The van der Waals surface area contributed by atoms with Gasteiger partial charge in [-0.05, 0) is 0 Å². The number of hydrogen-bond donors (Lipinski definition) is 0. The zero-order valence-electron chi connectivity index (χ0n) is 8.13. The SMILES string of the molecule is C[Si-](C)(C)(F)c1ccc(C#N)cc1. The Morgan fingerprint density at radius 1 is 1.15 bits per heavy atom. The molecule has 0 unspecified atom stereocenters. The molecule has 0 saturated carbocycles. The van der Waals surface area contributed by atoms with Gasteiger partial charge in [-0.3, -0.25) is 0 Å². The second-order valence-electron chi connectivity index (χ2n) is 4.60. The van der Waals surface area contributed by atoms with Crippen molar-refractivity contribution < 1.29 is 4.11 Å². The van der Waals surface area contributed by atoms with E-state index in [4.69, 9.17) is 5.26 Å². The normalized spacial score (nSPS) is 14.2. The van der Waals surface area contributed by atoms with Crippen LogP contribution < -0.4 is 5.19 Å². The minimum absolute atomic E-state index is 0.577. The molecule has 1 rings (SSSR count). The summed E-state index contributed by atoms with van der Waals surface area (Å²) in [5.74, 6) is 0. The van der Waals surface area contributed by atoms with Crippen molar-refractivity contribution in [2.75, 3.05) is 0 Å². The van der Waals surface area contributed by atoms with Gasteiger partial charge in [-0.1, -0.05) is 0 Å². The van der Waals surface area contributed by atoms with Crippen LogP contribution in [0.4, 0.5) is 4.11 Å². The molecule has 0 heterocycles. The van der Waals surface area contributed by atoms with E-state index in [-0.39, 0.29) is 0 Å². The average molecular weight is 194 g/mol. The molecule has 0 aliphatic heterocycles. The summed E-state index contributed by atoms with van der Waals surface area (Å²) in [4.78, 5) is 0. The summed E-state index contributed by atoms with van der Waals surface area (Å²) in [6, 6.07) is 8.77. The van der Waals surface area contributed by atoms with Crippen molar-refractivity contribution >= 4 is 12.9 Å². The van der Waals surface area contributed by atoms with Crippen LogP contribution in [0, 0.1) is 11.3 Å². The van der Waals surface area contributed by atoms with Gasteiger partial charge in [-0.25, -0.2) is 0 Å². The summed E-state index contributed by atoms with van der Waals surface area (Å²) in [6.07, 6.45) is 0. The van der Waals surface area contributed by atoms with Crippen LogP contribution in [0.3, 0.4) is 0 Å². The Labute approximate surface area is 78.4 Å². The Morgan fingerprint density at radius 3 is 1.92 bits per heavy atom. The molecule has 0 aromatic heterocycles. The summed E-state index contributed by atoms with van der Waals surface area (Å²) in [7, 11) is -3.38. The Hall–Kier alpha value is -1.14. The van der Waals surface area contributed by atoms with Gasteiger partial charge in [-0.15, -0.1) is 0 Å². The first-order chi connectivity index (χ1) is 5.80. The van der Waals surface area contributed by atoms with Gasteiger partial charge in [0.05, 0.1) is 0 Å². The molecular formula is C10H13FNSi-.